The summed E-state index contributed by atoms with van der Waals surface area (Å²) in [7, 11) is 0. The van der Waals surface area contributed by atoms with Crippen molar-refractivity contribution in [2.75, 3.05) is 23.7 Å². The number of carbonyl (C=O) groups excluding carboxylic acids is 2. The summed E-state index contributed by atoms with van der Waals surface area (Å²) in [6.45, 7) is 1.72. The monoisotopic (exact) mass is 539 g/mol. The number of dihydropyridines is 1. The molecule has 1 saturated heterocycles. The van der Waals surface area contributed by atoms with Crippen molar-refractivity contribution < 1.29 is 14.0 Å². The number of allylic oxidation sites excluding steroid dienone is 2. The van der Waals surface area contributed by atoms with E-state index < -0.39 is 11.4 Å². The number of hydrogen-bond acceptors (Lipinski definition) is 4. The highest BCUT2D eigenvalue weighted by molar-refractivity contribution is 6.30. The van der Waals surface area contributed by atoms with Crippen LogP contribution < -0.4 is 21.7 Å². The molecule has 2 aliphatic heterocycles. The van der Waals surface area contributed by atoms with Crippen molar-refractivity contribution in [3.63, 3.8) is 0 Å². The number of rotatable bonds is 8. The first-order valence-electron chi connectivity index (χ1n) is 13.1. The molecule has 1 aliphatic carbocycles. The van der Waals surface area contributed by atoms with E-state index in [1.807, 2.05) is 29.3 Å². The van der Waals surface area contributed by atoms with Crippen LogP contribution in [0.1, 0.15) is 44.1 Å². The molecular weight excluding hydrogens is 505 g/mol. The van der Waals surface area contributed by atoms with E-state index in [2.05, 4.69) is 16.0 Å². The molecule has 5 N–H and O–H groups in total. The van der Waals surface area contributed by atoms with Crippen molar-refractivity contribution in [3.8, 4) is 0 Å². The number of nitrogens with zero attached hydrogens (tertiary/aromatic N) is 1. The summed E-state index contributed by atoms with van der Waals surface area (Å²) in [6.07, 6.45) is 14.9. The van der Waals surface area contributed by atoms with Crippen LogP contribution in [-0.4, -0.2) is 36.5 Å². The fraction of sp³-hybridized carbons (Fsp3) is 0.379. The lowest BCUT2D eigenvalue weighted by atomic mass is 9.78. The van der Waals surface area contributed by atoms with Crippen LogP contribution in [0.5, 0.6) is 0 Å². The minimum absolute atomic E-state index is 0.0187. The van der Waals surface area contributed by atoms with Gasteiger partial charge in [-0.05, 0) is 85.8 Å². The molecule has 7 nitrogen and oxygen atoms in total. The van der Waals surface area contributed by atoms with Gasteiger partial charge < -0.3 is 26.6 Å². The quantitative estimate of drug-likeness (QED) is 0.321. The molecule has 0 spiro atoms. The number of likely N-dealkylation sites (tertiary alicyclic amines) is 1. The molecule has 2 aromatic carbocycles. The Morgan fingerprint density at radius 1 is 1.16 bits per heavy atom. The second-order valence-electron chi connectivity index (χ2n) is 10.00. The number of carbonyl (C=O) groups is 2. The first kappa shape index (κ1) is 27.7. The van der Waals surface area contributed by atoms with Gasteiger partial charge in [0, 0.05) is 23.8 Å². The van der Waals surface area contributed by atoms with Crippen LogP contribution in [0.2, 0.25) is 5.02 Å². The average molecular weight is 540 g/mol. The molecule has 0 radical (unpaired) electrons. The number of benzene rings is 2. The first-order chi connectivity index (χ1) is 18.4. The zero-order valence-corrected chi connectivity index (χ0v) is 22.1. The summed E-state index contributed by atoms with van der Waals surface area (Å²) >= 11 is 5.75. The molecule has 1 saturated carbocycles. The Hall–Kier alpha value is -3.36. The molecule has 0 bridgehead atoms. The maximum absolute atomic E-state index is 13.8. The van der Waals surface area contributed by atoms with Crippen molar-refractivity contribution >= 4 is 35.4 Å². The Labute approximate surface area is 228 Å². The maximum atomic E-state index is 13.8. The number of hydrogen-bond donors (Lipinski definition) is 4. The van der Waals surface area contributed by atoms with E-state index in [4.69, 9.17) is 17.3 Å². The third-order valence-electron chi connectivity index (χ3n) is 7.21. The van der Waals surface area contributed by atoms with Crippen molar-refractivity contribution in [2.24, 2.45) is 11.7 Å². The van der Waals surface area contributed by atoms with Gasteiger partial charge in [0.15, 0.2) is 0 Å². The standard InChI is InChI=1S/C18H22FN3O.C11H13ClN2O/c19-15-7-6-14(11-16(15)22-12-23)18(20,9-8-13-4-5-13)17-3-1-2-10-21-17;12-9-3-5-10(6-4-9)13-11(15)14-7-1-2-8-14/h1-3,6-7,10-13,17,21H,4-5,8-9,20H2,(H,22,23);3-6H,1-2,7-8H2,(H,13,15). The largest absolute Gasteiger partial charge is 0.382 e. The van der Waals surface area contributed by atoms with Gasteiger partial charge in [0.05, 0.1) is 17.3 Å². The molecular formula is C29H35ClFN5O2. The smallest absolute Gasteiger partial charge is 0.321 e. The summed E-state index contributed by atoms with van der Waals surface area (Å²) in [5.74, 6) is 0.298. The van der Waals surface area contributed by atoms with Crippen LogP contribution in [0, 0.1) is 11.7 Å². The molecule has 2 atom stereocenters. The van der Waals surface area contributed by atoms with Crippen molar-refractivity contribution in [1.29, 1.82) is 0 Å². The number of anilines is 2. The van der Waals surface area contributed by atoms with E-state index in [-0.39, 0.29) is 17.8 Å². The van der Waals surface area contributed by atoms with E-state index in [1.165, 1.54) is 18.9 Å². The van der Waals surface area contributed by atoms with E-state index in [9.17, 15) is 14.0 Å². The Morgan fingerprint density at radius 3 is 2.53 bits per heavy atom. The molecule has 38 heavy (non-hydrogen) atoms. The molecule has 0 aromatic heterocycles. The second-order valence-corrected chi connectivity index (χ2v) is 10.4. The number of nitrogens with two attached hydrogens (primary N) is 1. The minimum atomic E-state index is -0.656. The molecule has 2 unspecified atom stereocenters. The Bertz CT molecular complexity index is 1160. The van der Waals surface area contributed by atoms with Crippen LogP contribution in [0.25, 0.3) is 0 Å². The Morgan fingerprint density at radius 2 is 1.89 bits per heavy atom. The highest BCUT2D eigenvalue weighted by Crippen LogP contribution is 2.39. The molecule has 3 aliphatic rings. The number of amides is 3. The fourth-order valence-corrected chi connectivity index (χ4v) is 4.87. The van der Waals surface area contributed by atoms with Crippen LogP contribution in [0.3, 0.4) is 0 Å². The predicted octanol–water partition coefficient (Wildman–Crippen LogP) is 5.75. The topological polar surface area (TPSA) is 99.5 Å². The summed E-state index contributed by atoms with van der Waals surface area (Å²) in [5, 5.41) is 9.21. The molecule has 9 heteroatoms. The zero-order valence-electron chi connectivity index (χ0n) is 21.3. The maximum Gasteiger partial charge on any atom is 0.321 e. The van der Waals surface area contributed by atoms with Crippen LogP contribution >= 0.6 is 11.6 Å². The lowest BCUT2D eigenvalue weighted by Gasteiger charge is -2.38. The van der Waals surface area contributed by atoms with Gasteiger partial charge in [-0.15, -0.1) is 0 Å². The lowest BCUT2D eigenvalue weighted by Crippen LogP contribution is -2.53. The van der Waals surface area contributed by atoms with Crippen LogP contribution in [-0.2, 0) is 10.3 Å². The second kappa shape index (κ2) is 12.9. The summed E-state index contributed by atoms with van der Waals surface area (Å²) in [6, 6.07) is 11.8. The van der Waals surface area contributed by atoms with Gasteiger partial charge in [-0.25, -0.2) is 9.18 Å². The summed E-state index contributed by atoms with van der Waals surface area (Å²) in [4.78, 5) is 24.2. The van der Waals surface area contributed by atoms with Gasteiger partial charge in [-0.1, -0.05) is 42.7 Å². The normalized spacial score (nSPS) is 19.6. The molecule has 202 valence electrons. The van der Waals surface area contributed by atoms with E-state index in [0.717, 1.165) is 55.9 Å². The molecule has 5 rings (SSSR count). The minimum Gasteiger partial charge on any atom is -0.382 e. The lowest BCUT2D eigenvalue weighted by molar-refractivity contribution is -0.105. The van der Waals surface area contributed by atoms with Gasteiger partial charge in [-0.2, -0.15) is 0 Å². The highest BCUT2D eigenvalue weighted by Gasteiger charge is 2.37. The van der Waals surface area contributed by atoms with Gasteiger partial charge >= 0.3 is 6.03 Å². The van der Waals surface area contributed by atoms with Gasteiger partial charge in [-0.3, -0.25) is 4.79 Å². The van der Waals surface area contributed by atoms with E-state index >= 15 is 0 Å². The average Bonchev–Trinajstić information content (AvgIpc) is 3.60. The number of halogens is 2. The van der Waals surface area contributed by atoms with Crippen molar-refractivity contribution in [1.82, 2.24) is 10.2 Å². The van der Waals surface area contributed by atoms with E-state index in [1.54, 1.807) is 36.4 Å². The summed E-state index contributed by atoms with van der Waals surface area (Å²) in [5.41, 5.74) is 7.91. The fourth-order valence-electron chi connectivity index (χ4n) is 4.74. The first-order valence-corrected chi connectivity index (χ1v) is 13.5. The molecule has 2 fully saturated rings. The molecule has 3 amide bonds. The number of urea groups is 1. The molecule has 2 aromatic rings. The SMILES string of the molecule is NC(CCC1CC1)(c1ccc(F)c(NC=O)c1)C1C=CC=CN1.O=C(Nc1ccc(Cl)cc1)N1CCCC1. The third-order valence-corrected chi connectivity index (χ3v) is 7.46. The van der Waals surface area contributed by atoms with Gasteiger partial charge in [0.25, 0.3) is 0 Å². The Kier molecular flexibility index (Phi) is 9.42. The van der Waals surface area contributed by atoms with Gasteiger partial charge in [0.1, 0.15) is 5.82 Å². The van der Waals surface area contributed by atoms with E-state index in [0.29, 0.717) is 11.4 Å². The predicted molar refractivity (Wildman–Crippen MR) is 150 cm³/mol. The number of nitrogens with one attached hydrogen (secondary N) is 3. The van der Waals surface area contributed by atoms with Crippen LogP contribution in [0.15, 0.2) is 66.9 Å². The Balaban J connectivity index is 0.000000194. The zero-order chi connectivity index (χ0) is 27.0. The molecule has 2 heterocycles. The highest BCUT2D eigenvalue weighted by atomic mass is 35.5. The van der Waals surface area contributed by atoms with Crippen molar-refractivity contribution in [2.45, 2.75) is 50.1 Å². The van der Waals surface area contributed by atoms with Gasteiger partial charge in [0.2, 0.25) is 6.41 Å². The summed E-state index contributed by atoms with van der Waals surface area (Å²) < 4.78 is 13.8. The third kappa shape index (κ3) is 7.36. The van der Waals surface area contributed by atoms with Crippen LogP contribution in [0.4, 0.5) is 20.6 Å². The van der Waals surface area contributed by atoms with Crippen molar-refractivity contribution in [3.05, 3.63) is 83.3 Å².